The summed E-state index contributed by atoms with van der Waals surface area (Å²) in [7, 11) is -3.47. The van der Waals surface area contributed by atoms with Gasteiger partial charge in [-0.3, -0.25) is 9.69 Å². The number of nitrogens with zero attached hydrogens (tertiary/aromatic N) is 2. The molecule has 0 bridgehead atoms. The molecule has 1 aliphatic heterocycles. The molecule has 7 nitrogen and oxygen atoms in total. The van der Waals surface area contributed by atoms with Crippen LogP contribution in [0.4, 0.5) is 5.69 Å². The van der Waals surface area contributed by atoms with E-state index in [9.17, 15) is 13.2 Å². The number of hydrogen-bond acceptors (Lipinski definition) is 5. The maximum atomic E-state index is 12.8. The lowest BCUT2D eigenvalue weighted by molar-refractivity contribution is -0.122. The van der Waals surface area contributed by atoms with E-state index in [1.165, 1.54) is 4.31 Å². The summed E-state index contributed by atoms with van der Waals surface area (Å²) in [5.74, 6) is -0.0236. The van der Waals surface area contributed by atoms with Crippen LogP contribution >= 0.6 is 0 Å². The SMILES string of the molecule is Cc1ccc(S(=O)(=O)N2CCN(CC(=O)NCCCNc3ccccc3)CC2)cc1. The molecule has 1 aliphatic rings. The average molecular weight is 431 g/mol. The zero-order valence-corrected chi connectivity index (χ0v) is 18.2. The van der Waals surface area contributed by atoms with Crippen LogP contribution in [-0.2, 0) is 14.8 Å². The molecule has 0 aromatic heterocycles. The Morgan fingerprint density at radius 3 is 2.27 bits per heavy atom. The van der Waals surface area contributed by atoms with E-state index in [-0.39, 0.29) is 5.91 Å². The molecule has 2 aromatic rings. The van der Waals surface area contributed by atoms with Gasteiger partial charge in [0.15, 0.2) is 0 Å². The minimum Gasteiger partial charge on any atom is -0.385 e. The van der Waals surface area contributed by atoms with Crippen molar-refractivity contribution in [3.8, 4) is 0 Å². The fourth-order valence-electron chi connectivity index (χ4n) is 3.35. The van der Waals surface area contributed by atoms with Gasteiger partial charge in [0.25, 0.3) is 0 Å². The summed E-state index contributed by atoms with van der Waals surface area (Å²) in [5, 5.41) is 6.25. The van der Waals surface area contributed by atoms with Gasteiger partial charge in [0.2, 0.25) is 15.9 Å². The Hall–Kier alpha value is -2.42. The molecule has 0 spiro atoms. The van der Waals surface area contributed by atoms with E-state index in [0.29, 0.717) is 44.2 Å². The number of anilines is 1. The Morgan fingerprint density at radius 1 is 0.933 bits per heavy atom. The molecule has 1 heterocycles. The summed E-state index contributed by atoms with van der Waals surface area (Å²) in [6, 6.07) is 16.9. The zero-order chi connectivity index (χ0) is 21.4. The first-order valence-electron chi connectivity index (χ1n) is 10.3. The van der Waals surface area contributed by atoms with Gasteiger partial charge in [-0.15, -0.1) is 0 Å². The van der Waals surface area contributed by atoms with Crippen LogP contribution in [-0.4, -0.2) is 69.3 Å². The smallest absolute Gasteiger partial charge is 0.243 e. The molecule has 1 saturated heterocycles. The maximum absolute atomic E-state index is 12.8. The van der Waals surface area contributed by atoms with E-state index in [0.717, 1.165) is 24.2 Å². The van der Waals surface area contributed by atoms with Gasteiger partial charge in [-0.25, -0.2) is 8.42 Å². The third-order valence-electron chi connectivity index (χ3n) is 5.14. The van der Waals surface area contributed by atoms with Crippen molar-refractivity contribution in [2.75, 3.05) is 51.1 Å². The number of hydrogen-bond donors (Lipinski definition) is 2. The van der Waals surface area contributed by atoms with Crippen molar-refractivity contribution < 1.29 is 13.2 Å². The lowest BCUT2D eigenvalue weighted by atomic mass is 10.2. The van der Waals surface area contributed by atoms with E-state index in [4.69, 9.17) is 0 Å². The number of carbonyl (C=O) groups is 1. The van der Waals surface area contributed by atoms with E-state index >= 15 is 0 Å². The normalized spacial score (nSPS) is 15.6. The van der Waals surface area contributed by atoms with E-state index in [1.54, 1.807) is 12.1 Å². The summed E-state index contributed by atoms with van der Waals surface area (Å²) in [5.41, 5.74) is 2.10. The number of piperazine rings is 1. The van der Waals surface area contributed by atoms with E-state index < -0.39 is 10.0 Å². The molecule has 30 heavy (non-hydrogen) atoms. The van der Waals surface area contributed by atoms with Crippen LogP contribution in [0.25, 0.3) is 0 Å². The molecule has 0 unspecified atom stereocenters. The Bertz CT molecular complexity index is 909. The Morgan fingerprint density at radius 2 is 1.60 bits per heavy atom. The molecule has 0 atom stereocenters. The van der Waals surface area contributed by atoms with Crippen LogP contribution in [0.5, 0.6) is 0 Å². The summed E-state index contributed by atoms with van der Waals surface area (Å²) in [6.45, 7) is 5.52. The van der Waals surface area contributed by atoms with Gasteiger partial charge in [-0.05, 0) is 37.6 Å². The van der Waals surface area contributed by atoms with Crippen molar-refractivity contribution in [2.24, 2.45) is 0 Å². The van der Waals surface area contributed by atoms with Gasteiger partial charge >= 0.3 is 0 Å². The fraction of sp³-hybridized carbons (Fsp3) is 0.409. The van der Waals surface area contributed by atoms with Crippen molar-refractivity contribution >= 4 is 21.6 Å². The number of rotatable bonds is 9. The number of para-hydroxylation sites is 1. The van der Waals surface area contributed by atoms with Crippen molar-refractivity contribution in [2.45, 2.75) is 18.2 Å². The minimum absolute atomic E-state index is 0.0236. The van der Waals surface area contributed by atoms with Crippen molar-refractivity contribution in [1.82, 2.24) is 14.5 Å². The highest BCUT2D eigenvalue weighted by atomic mass is 32.2. The average Bonchev–Trinajstić information content (AvgIpc) is 2.75. The first-order valence-corrected chi connectivity index (χ1v) is 11.7. The van der Waals surface area contributed by atoms with Crippen LogP contribution in [0.2, 0.25) is 0 Å². The number of benzene rings is 2. The standard InChI is InChI=1S/C22H30N4O3S/c1-19-8-10-21(11-9-19)30(28,29)26-16-14-25(15-17-26)18-22(27)24-13-5-12-23-20-6-3-2-4-7-20/h2-4,6-11,23H,5,12-18H2,1H3,(H,24,27). The third-order valence-corrected chi connectivity index (χ3v) is 7.05. The monoisotopic (exact) mass is 430 g/mol. The van der Waals surface area contributed by atoms with Gasteiger partial charge < -0.3 is 10.6 Å². The Labute approximate surface area is 179 Å². The Kier molecular flexibility index (Phi) is 7.84. The van der Waals surface area contributed by atoms with Gasteiger partial charge in [0.1, 0.15) is 0 Å². The predicted molar refractivity (Wildman–Crippen MR) is 119 cm³/mol. The predicted octanol–water partition coefficient (Wildman–Crippen LogP) is 1.92. The van der Waals surface area contributed by atoms with Crippen LogP contribution < -0.4 is 10.6 Å². The number of nitrogens with one attached hydrogen (secondary N) is 2. The molecule has 0 radical (unpaired) electrons. The van der Waals surface area contributed by atoms with Crippen molar-refractivity contribution in [3.63, 3.8) is 0 Å². The number of carbonyl (C=O) groups excluding carboxylic acids is 1. The Balaban J connectivity index is 1.35. The summed E-state index contributed by atoms with van der Waals surface area (Å²) >= 11 is 0. The lowest BCUT2D eigenvalue weighted by Gasteiger charge is -2.33. The van der Waals surface area contributed by atoms with Gasteiger partial charge in [-0.1, -0.05) is 35.9 Å². The molecular weight excluding hydrogens is 400 g/mol. The lowest BCUT2D eigenvalue weighted by Crippen LogP contribution is -2.51. The quantitative estimate of drug-likeness (QED) is 0.594. The van der Waals surface area contributed by atoms with E-state index in [1.807, 2.05) is 54.3 Å². The molecule has 1 amide bonds. The number of sulfonamides is 1. The highest BCUT2D eigenvalue weighted by molar-refractivity contribution is 7.89. The molecule has 8 heteroatoms. The zero-order valence-electron chi connectivity index (χ0n) is 17.4. The molecule has 2 N–H and O–H groups in total. The fourth-order valence-corrected chi connectivity index (χ4v) is 4.77. The second kappa shape index (κ2) is 10.6. The first-order chi connectivity index (χ1) is 14.4. The van der Waals surface area contributed by atoms with Crippen LogP contribution in [0.3, 0.4) is 0 Å². The third kappa shape index (κ3) is 6.29. The molecule has 1 fully saturated rings. The van der Waals surface area contributed by atoms with Crippen LogP contribution in [0.1, 0.15) is 12.0 Å². The van der Waals surface area contributed by atoms with Crippen molar-refractivity contribution in [1.29, 1.82) is 0 Å². The topological polar surface area (TPSA) is 81.8 Å². The van der Waals surface area contributed by atoms with Gasteiger partial charge in [0.05, 0.1) is 11.4 Å². The second-order valence-electron chi connectivity index (χ2n) is 7.49. The summed E-state index contributed by atoms with van der Waals surface area (Å²) in [4.78, 5) is 14.5. The van der Waals surface area contributed by atoms with Gasteiger partial charge in [0, 0.05) is 45.0 Å². The summed E-state index contributed by atoms with van der Waals surface area (Å²) in [6.07, 6.45) is 0.837. The highest BCUT2D eigenvalue weighted by Gasteiger charge is 2.28. The summed E-state index contributed by atoms with van der Waals surface area (Å²) < 4.78 is 27.0. The number of amides is 1. The number of aryl methyl sites for hydroxylation is 1. The molecule has 3 rings (SSSR count). The molecule has 0 saturated carbocycles. The molecule has 162 valence electrons. The largest absolute Gasteiger partial charge is 0.385 e. The molecule has 0 aliphatic carbocycles. The van der Waals surface area contributed by atoms with E-state index in [2.05, 4.69) is 10.6 Å². The van der Waals surface area contributed by atoms with Crippen LogP contribution in [0.15, 0.2) is 59.5 Å². The first kappa shape index (κ1) is 22.3. The van der Waals surface area contributed by atoms with Crippen molar-refractivity contribution in [3.05, 3.63) is 60.2 Å². The van der Waals surface area contributed by atoms with Gasteiger partial charge in [-0.2, -0.15) is 4.31 Å². The molecular formula is C22H30N4O3S. The minimum atomic E-state index is -3.47. The highest BCUT2D eigenvalue weighted by Crippen LogP contribution is 2.18. The second-order valence-corrected chi connectivity index (χ2v) is 9.43. The maximum Gasteiger partial charge on any atom is 0.243 e. The van der Waals surface area contributed by atoms with Crippen LogP contribution in [0, 0.1) is 6.92 Å². The molecule has 2 aromatic carbocycles.